The maximum atomic E-state index is 10.9. The van der Waals surface area contributed by atoms with Gasteiger partial charge in [-0.25, -0.2) is 0 Å². The first kappa shape index (κ1) is 11.7. The van der Waals surface area contributed by atoms with Gasteiger partial charge in [-0.3, -0.25) is 4.79 Å². The summed E-state index contributed by atoms with van der Waals surface area (Å²) in [6, 6.07) is 8.63. The molecule has 1 saturated heterocycles. The van der Waals surface area contributed by atoms with Gasteiger partial charge in [-0.1, -0.05) is 24.3 Å². The van der Waals surface area contributed by atoms with E-state index in [1.165, 1.54) is 24.1 Å². The van der Waals surface area contributed by atoms with Gasteiger partial charge in [0.15, 0.2) is 0 Å². The number of likely N-dealkylation sites (tertiary alicyclic amines) is 1. The molecule has 1 aromatic rings. The minimum absolute atomic E-state index is 0.145. The summed E-state index contributed by atoms with van der Waals surface area (Å²) in [7, 11) is 2.16. The summed E-state index contributed by atoms with van der Waals surface area (Å²) in [4.78, 5) is 13.2. The van der Waals surface area contributed by atoms with Gasteiger partial charge in [0.2, 0.25) is 0 Å². The van der Waals surface area contributed by atoms with Crippen LogP contribution in [-0.2, 0) is 4.79 Å². The molecule has 1 aromatic carbocycles. The van der Waals surface area contributed by atoms with E-state index < -0.39 is 5.97 Å². The van der Waals surface area contributed by atoms with Crippen LogP contribution in [0.5, 0.6) is 0 Å². The van der Waals surface area contributed by atoms with E-state index in [0.717, 1.165) is 13.0 Å². The molecule has 1 saturated carbocycles. The molecular formula is C15H19NO2. The molecule has 0 spiro atoms. The third kappa shape index (κ3) is 2.15. The summed E-state index contributed by atoms with van der Waals surface area (Å²) >= 11 is 0. The number of carbonyl (C=O) groups is 1. The molecule has 3 nitrogen and oxygen atoms in total. The molecule has 3 unspecified atom stereocenters. The maximum Gasteiger partial charge on any atom is 0.307 e. The molecule has 0 radical (unpaired) electrons. The van der Waals surface area contributed by atoms with Crippen LogP contribution in [0.2, 0.25) is 0 Å². The van der Waals surface area contributed by atoms with Crippen LogP contribution in [0.1, 0.15) is 35.8 Å². The highest BCUT2D eigenvalue weighted by Crippen LogP contribution is 2.47. The normalized spacial score (nSPS) is 31.5. The van der Waals surface area contributed by atoms with Crippen molar-refractivity contribution in [2.24, 2.45) is 5.92 Å². The Morgan fingerprint density at radius 2 is 1.94 bits per heavy atom. The van der Waals surface area contributed by atoms with Crippen LogP contribution >= 0.6 is 0 Å². The number of carboxylic acid groups (broad SMARTS) is 1. The molecule has 18 heavy (non-hydrogen) atoms. The highest BCUT2D eigenvalue weighted by Gasteiger charge is 2.44. The zero-order valence-corrected chi connectivity index (χ0v) is 10.7. The Morgan fingerprint density at radius 1 is 1.28 bits per heavy atom. The number of likely N-dealkylation sites (N-methyl/N-ethyl adjacent to an activating group) is 1. The van der Waals surface area contributed by atoms with Crippen molar-refractivity contribution in [3.05, 3.63) is 35.4 Å². The topological polar surface area (TPSA) is 40.5 Å². The molecule has 3 heteroatoms. The lowest BCUT2D eigenvalue weighted by Crippen LogP contribution is -2.13. The lowest BCUT2D eigenvalue weighted by molar-refractivity contribution is -0.138. The lowest BCUT2D eigenvalue weighted by Gasteiger charge is -2.11. The summed E-state index contributed by atoms with van der Waals surface area (Å²) in [5.41, 5.74) is 2.59. The van der Waals surface area contributed by atoms with Gasteiger partial charge < -0.3 is 10.0 Å². The SMILES string of the molecule is CN1CCC(c2ccc(C3CC3C(=O)O)cc2)C1. The van der Waals surface area contributed by atoms with E-state index in [1.54, 1.807) is 0 Å². The average molecular weight is 245 g/mol. The van der Waals surface area contributed by atoms with E-state index in [2.05, 4.69) is 36.2 Å². The first-order valence-corrected chi connectivity index (χ1v) is 6.66. The van der Waals surface area contributed by atoms with Crippen LogP contribution < -0.4 is 0 Å². The van der Waals surface area contributed by atoms with Crippen LogP contribution in [0.25, 0.3) is 0 Å². The zero-order chi connectivity index (χ0) is 12.7. The van der Waals surface area contributed by atoms with E-state index in [-0.39, 0.29) is 11.8 Å². The van der Waals surface area contributed by atoms with E-state index >= 15 is 0 Å². The number of rotatable bonds is 3. The number of nitrogens with zero attached hydrogens (tertiary/aromatic N) is 1. The quantitative estimate of drug-likeness (QED) is 0.888. The van der Waals surface area contributed by atoms with E-state index in [9.17, 15) is 4.79 Å². The second-order valence-corrected chi connectivity index (χ2v) is 5.70. The summed E-state index contributed by atoms with van der Waals surface area (Å²) in [5, 5.41) is 8.94. The summed E-state index contributed by atoms with van der Waals surface area (Å²) in [6.07, 6.45) is 2.04. The predicted octanol–water partition coefficient (Wildman–Crippen LogP) is 2.29. The standard InChI is InChI=1S/C15H19NO2/c1-16-7-6-12(9-16)10-2-4-11(5-3-10)13-8-14(13)15(17)18/h2-5,12-14H,6-9H2,1H3,(H,17,18). The minimum Gasteiger partial charge on any atom is -0.481 e. The molecule has 2 fully saturated rings. The van der Waals surface area contributed by atoms with Gasteiger partial charge in [0, 0.05) is 6.54 Å². The molecule has 0 aromatic heterocycles. The van der Waals surface area contributed by atoms with E-state index in [0.29, 0.717) is 5.92 Å². The first-order chi connectivity index (χ1) is 8.65. The van der Waals surface area contributed by atoms with Gasteiger partial charge in [-0.05, 0) is 49.4 Å². The zero-order valence-electron chi connectivity index (χ0n) is 10.7. The first-order valence-electron chi connectivity index (χ1n) is 6.66. The molecule has 3 rings (SSSR count). The second kappa shape index (κ2) is 4.39. The number of hydrogen-bond acceptors (Lipinski definition) is 2. The highest BCUT2D eigenvalue weighted by molar-refractivity contribution is 5.75. The van der Waals surface area contributed by atoms with Crippen molar-refractivity contribution in [3.63, 3.8) is 0 Å². The Labute approximate surface area is 107 Å². The van der Waals surface area contributed by atoms with Gasteiger partial charge in [-0.15, -0.1) is 0 Å². The molecule has 0 amide bonds. The minimum atomic E-state index is -0.651. The van der Waals surface area contributed by atoms with Crippen molar-refractivity contribution < 1.29 is 9.90 Å². The molecule has 1 N–H and O–H groups in total. The van der Waals surface area contributed by atoms with Crippen molar-refractivity contribution in [3.8, 4) is 0 Å². The largest absolute Gasteiger partial charge is 0.481 e. The summed E-state index contributed by atoms with van der Waals surface area (Å²) < 4.78 is 0. The van der Waals surface area contributed by atoms with Crippen LogP contribution in [0, 0.1) is 5.92 Å². The van der Waals surface area contributed by atoms with Crippen molar-refractivity contribution in [2.45, 2.75) is 24.7 Å². The van der Waals surface area contributed by atoms with Crippen LogP contribution in [-0.4, -0.2) is 36.1 Å². The van der Waals surface area contributed by atoms with Crippen molar-refractivity contribution in [1.29, 1.82) is 0 Å². The fraction of sp³-hybridized carbons (Fsp3) is 0.533. The fourth-order valence-corrected chi connectivity index (χ4v) is 3.06. The predicted molar refractivity (Wildman–Crippen MR) is 69.8 cm³/mol. The number of hydrogen-bond donors (Lipinski definition) is 1. The maximum absolute atomic E-state index is 10.9. The van der Waals surface area contributed by atoms with Gasteiger partial charge in [0.25, 0.3) is 0 Å². The Bertz CT molecular complexity index is 454. The van der Waals surface area contributed by atoms with Crippen LogP contribution in [0.4, 0.5) is 0 Å². The van der Waals surface area contributed by atoms with Crippen molar-refractivity contribution in [1.82, 2.24) is 4.90 Å². The van der Waals surface area contributed by atoms with E-state index in [4.69, 9.17) is 5.11 Å². The van der Waals surface area contributed by atoms with Gasteiger partial charge in [0.1, 0.15) is 0 Å². The number of aliphatic carboxylic acids is 1. The van der Waals surface area contributed by atoms with Gasteiger partial charge in [0.05, 0.1) is 5.92 Å². The third-order valence-electron chi connectivity index (χ3n) is 4.34. The molecule has 96 valence electrons. The Hall–Kier alpha value is -1.35. The Kier molecular flexibility index (Phi) is 2.86. The molecule has 1 heterocycles. The molecule has 3 atom stereocenters. The van der Waals surface area contributed by atoms with E-state index in [1.807, 2.05) is 0 Å². The lowest BCUT2D eigenvalue weighted by atomic mass is 9.96. The highest BCUT2D eigenvalue weighted by atomic mass is 16.4. The summed E-state index contributed by atoms with van der Waals surface area (Å²) in [5.74, 6) is 0.108. The van der Waals surface area contributed by atoms with Gasteiger partial charge in [-0.2, -0.15) is 0 Å². The Morgan fingerprint density at radius 3 is 2.44 bits per heavy atom. The Balaban J connectivity index is 1.68. The monoisotopic (exact) mass is 245 g/mol. The van der Waals surface area contributed by atoms with Crippen LogP contribution in [0.15, 0.2) is 24.3 Å². The molecule has 2 aliphatic rings. The molecule has 1 aliphatic carbocycles. The average Bonchev–Trinajstić information content (AvgIpc) is 3.06. The van der Waals surface area contributed by atoms with Crippen molar-refractivity contribution in [2.75, 3.05) is 20.1 Å². The molecular weight excluding hydrogens is 226 g/mol. The molecule has 0 bridgehead atoms. The summed E-state index contributed by atoms with van der Waals surface area (Å²) in [6.45, 7) is 2.32. The van der Waals surface area contributed by atoms with Gasteiger partial charge >= 0.3 is 5.97 Å². The smallest absolute Gasteiger partial charge is 0.307 e. The van der Waals surface area contributed by atoms with Crippen LogP contribution in [0.3, 0.4) is 0 Å². The number of benzene rings is 1. The number of carboxylic acids is 1. The fourth-order valence-electron chi connectivity index (χ4n) is 3.06. The molecule has 1 aliphatic heterocycles. The third-order valence-corrected chi connectivity index (χ3v) is 4.34. The van der Waals surface area contributed by atoms with Crippen molar-refractivity contribution >= 4 is 5.97 Å². The second-order valence-electron chi connectivity index (χ2n) is 5.70.